The Morgan fingerprint density at radius 1 is 0.938 bits per heavy atom. The fourth-order valence-corrected chi connectivity index (χ4v) is 12.6. The fraction of sp³-hybridized carbons (Fsp3) is 0.510. The van der Waals surface area contributed by atoms with Crippen molar-refractivity contribution in [3.05, 3.63) is 107 Å². The van der Waals surface area contributed by atoms with Crippen LogP contribution in [0.15, 0.2) is 99.4 Å². The second kappa shape index (κ2) is 20.2. The summed E-state index contributed by atoms with van der Waals surface area (Å²) in [5.74, 6) is 0.928. The zero-order valence-corrected chi connectivity index (χ0v) is 41.7. The Hall–Kier alpha value is -3.50. The van der Waals surface area contributed by atoms with Gasteiger partial charge in [0.05, 0.1) is 25.9 Å². The van der Waals surface area contributed by atoms with Crippen LogP contribution >= 0.6 is 23.4 Å². The van der Waals surface area contributed by atoms with Crippen LogP contribution in [0.4, 0.5) is 11.5 Å². The van der Waals surface area contributed by atoms with E-state index in [0.29, 0.717) is 30.4 Å². The highest BCUT2D eigenvalue weighted by Crippen LogP contribution is 2.44. The number of nitrogens with one attached hydrogen (secondary N) is 2. The van der Waals surface area contributed by atoms with Crippen LogP contribution in [0.5, 0.6) is 0 Å². The van der Waals surface area contributed by atoms with Crippen molar-refractivity contribution >= 4 is 60.3 Å². The number of benzene rings is 3. The Kier molecular flexibility index (Phi) is 15.3. The number of halogens is 1. The summed E-state index contributed by atoms with van der Waals surface area (Å²) in [5, 5.41) is 4.27. The molecule has 1 saturated heterocycles. The second-order valence-electron chi connectivity index (χ2n) is 19.7. The Morgan fingerprint density at radius 2 is 1.66 bits per heavy atom. The van der Waals surface area contributed by atoms with E-state index in [2.05, 4.69) is 72.8 Å². The van der Waals surface area contributed by atoms with Gasteiger partial charge in [0, 0.05) is 53.0 Å². The van der Waals surface area contributed by atoms with Crippen LogP contribution < -0.4 is 10.0 Å². The molecule has 1 aliphatic carbocycles. The molecule has 64 heavy (non-hydrogen) atoms. The number of rotatable bonds is 16. The molecule has 0 saturated carbocycles. The van der Waals surface area contributed by atoms with Crippen LogP contribution in [-0.4, -0.2) is 111 Å². The van der Waals surface area contributed by atoms with Crippen molar-refractivity contribution in [3.8, 4) is 0 Å². The van der Waals surface area contributed by atoms with E-state index in [1.807, 2.05) is 44.4 Å². The number of thioether (sulfide) groups is 1. The van der Waals surface area contributed by atoms with Gasteiger partial charge < -0.3 is 10.2 Å². The lowest BCUT2D eigenvalue weighted by Gasteiger charge is -2.41. The lowest BCUT2D eigenvalue weighted by molar-refractivity contribution is 0.100. The second-order valence-corrected chi connectivity index (χ2v) is 25.6. The van der Waals surface area contributed by atoms with Gasteiger partial charge in [-0.25, -0.2) is 26.8 Å². The highest BCUT2D eigenvalue weighted by Gasteiger charge is 2.36. The van der Waals surface area contributed by atoms with Gasteiger partial charge in [-0.3, -0.25) is 14.5 Å². The minimum atomic E-state index is -4.24. The van der Waals surface area contributed by atoms with Gasteiger partial charge in [0.15, 0.2) is 9.84 Å². The summed E-state index contributed by atoms with van der Waals surface area (Å²) in [7, 11) is -4.21. The van der Waals surface area contributed by atoms with E-state index in [1.54, 1.807) is 44.2 Å². The van der Waals surface area contributed by atoms with Crippen molar-refractivity contribution in [1.29, 1.82) is 0 Å². The van der Waals surface area contributed by atoms with Crippen LogP contribution in [0.3, 0.4) is 0 Å². The van der Waals surface area contributed by atoms with E-state index in [9.17, 15) is 16.8 Å². The molecule has 0 radical (unpaired) electrons. The number of anilines is 2. The van der Waals surface area contributed by atoms with Gasteiger partial charge in [-0.2, -0.15) is 0 Å². The molecule has 1 unspecified atom stereocenters. The van der Waals surface area contributed by atoms with Crippen LogP contribution in [0, 0.1) is 5.41 Å². The summed E-state index contributed by atoms with van der Waals surface area (Å²) < 4.78 is 58.3. The smallest absolute Gasteiger partial charge is 0.263 e. The number of sulfonamides is 1. The summed E-state index contributed by atoms with van der Waals surface area (Å²) in [6, 6.07) is 23.1. The van der Waals surface area contributed by atoms with E-state index >= 15 is 0 Å². The summed E-state index contributed by atoms with van der Waals surface area (Å²) in [6.07, 6.45) is 8.27. The number of piperidine rings is 1. The molecule has 2 aliphatic heterocycles. The Morgan fingerprint density at radius 3 is 2.34 bits per heavy atom. The van der Waals surface area contributed by atoms with Crippen molar-refractivity contribution < 1.29 is 16.8 Å². The van der Waals surface area contributed by atoms with Crippen molar-refractivity contribution in [2.24, 2.45) is 5.41 Å². The van der Waals surface area contributed by atoms with Gasteiger partial charge >= 0.3 is 0 Å². The number of allylic oxidation sites excluding steroid dienone is 1. The number of likely N-dealkylation sites (tertiary alicyclic amines) is 1. The maximum absolute atomic E-state index is 14.2. The van der Waals surface area contributed by atoms with Crippen LogP contribution in [0.2, 0.25) is 5.02 Å². The van der Waals surface area contributed by atoms with E-state index in [-0.39, 0.29) is 27.1 Å². The third-order valence-corrected chi connectivity index (χ3v) is 18.3. The molecule has 3 aromatic carbocycles. The van der Waals surface area contributed by atoms with Crippen molar-refractivity contribution in [3.63, 3.8) is 0 Å². The largest absolute Gasteiger partial charge is 0.380 e. The number of sulfone groups is 1. The minimum absolute atomic E-state index is 0.0461. The third kappa shape index (κ3) is 11.9. The summed E-state index contributed by atoms with van der Waals surface area (Å²) in [4.78, 5) is 17.2. The molecule has 0 spiro atoms. The van der Waals surface area contributed by atoms with Gasteiger partial charge in [-0.05, 0) is 158 Å². The van der Waals surface area contributed by atoms with Gasteiger partial charge in [0.25, 0.3) is 10.0 Å². The fourth-order valence-electron chi connectivity index (χ4n) is 9.02. The lowest BCUT2D eigenvalue weighted by atomic mass is 9.72. The Bertz CT molecular complexity index is 2500. The topological polar surface area (TPSA) is 128 Å². The first-order valence-electron chi connectivity index (χ1n) is 22.5. The zero-order chi connectivity index (χ0) is 45.9. The molecule has 3 heterocycles. The predicted octanol–water partition coefficient (Wildman–Crippen LogP) is 9.51. The average molecular weight is 949 g/mol. The number of hydrogen-bond acceptors (Lipinski definition) is 11. The van der Waals surface area contributed by atoms with Gasteiger partial charge in [-0.1, -0.05) is 61.4 Å². The molecule has 1 atom stereocenters. The van der Waals surface area contributed by atoms with E-state index in [4.69, 9.17) is 11.6 Å². The standard InChI is InChI=1S/C49H66ClN7O4S3/c1-48(2,3)63(58,59)46-29-41(17-18-44(46)53-38(20-25-55(6)7)33-62-40-11-9-8-10-12-40)64(60,61)54-47-42-23-28-57(32-45(42)51-34-52-47)39-21-26-56(27-22-39)31-36-19-24-49(4,5)30-43(36)35-13-15-37(50)16-14-35/h8-18,29,34,38-39,53H,19-28,30-33H2,1-7H3,(H,51,52,54). The first-order valence-corrected chi connectivity index (χ1v) is 26.9. The van der Waals surface area contributed by atoms with Gasteiger partial charge in [0.1, 0.15) is 12.1 Å². The SMILES string of the molecule is CN(C)CCC(CSc1ccccc1)Nc1ccc(S(=O)(=O)Nc2ncnc3c2CCN(C2CCN(CC4=C(c5ccc(Cl)cc5)CC(C)(C)CC4)CC2)C3)cc1S(=O)(=O)C(C)(C)C. The molecular weight excluding hydrogens is 882 g/mol. The maximum Gasteiger partial charge on any atom is 0.263 e. The Labute approximate surface area is 391 Å². The Balaban J connectivity index is 1.04. The average Bonchev–Trinajstić information content (AvgIpc) is 3.25. The van der Waals surface area contributed by atoms with E-state index in [1.165, 1.54) is 36.0 Å². The predicted molar refractivity (Wildman–Crippen MR) is 264 cm³/mol. The van der Waals surface area contributed by atoms with Crippen molar-refractivity contribution in [2.75, 3.05) is 62.6 Å². The minimum Gasteiger partial charge on any atom is -0.380 e. The van der Waals surface area contributed by atoms with Crippen LogP contribution in [-0.2, 0) is 32.8 Å². The lowest BCUT2D eigenvalue weighted by Crippen LogP contribution is -2.47. The maximum atomic E-state index is 14.2. The molecule has 1 aromatic heterocycles. The zero-order valence-electron chi connectivity index (χ0n) is 38.5. The van der Waals surface area contributed by atoms with Crippen molar-refractivity contribution in [1.82, 2.24) is 24.7 Å². The van der Waals surface area contributed by atoms with E-state index in [0.717, 1.165) is 86.0 Å². The molecule has 0 bridgehead atoms. The molecule has 11 nitrogen and oxygen atoms in total. The van der Waals surface area contributed by atoms with Gasteiger partial charge in [-0.15, -0.1) is 11.8 Å². The molecule has 1 fully saturated rings. The van der Waals surface area contributed by atoms with Crippen molar-refractivity contribution in [2.45, 2.75) is 118 Å². The normalized spacial score (nSPS) is 18.5. The van der Waals surface area contributed by atoms with Crippen LogP contribution in [0.1, 0.15) is 90.0 Å². The third-order valence-electron chi connectivity index (χ3n) is 13.0. The first-order chi connectivity index (χ1) is 30.3. The molecule has 3 aliphatic rings. The molecule has 7 rings (SSSR count). The number of hydrogen-bond donors (Lipinski definition) is 2. The van der Waals surface area contributed by atoms with E-state index < -0.39 is 24.6 Å². The molecule has 346 valence electrons. The molecule has 2 N–H and O–H groups in total. The summed E-state index contributed by atoms with van der Waals surface area (Å²) >= 11 is 7.95. The number of fused-ring (bicyclic) bond motifs is 1. The summed E-state index contributed by atoms with van der Waals surface area (Å²) in [6.45, 7) is 14.9. The van der Waals surface area contributed by atoms with Crippen LogP contribution in [0.25, 0.3) is 5.57 Å². The highest BCUT2D eigenvalue weighted by atomic mass is 35.5. The quantitative estimate of drug-likeness (QED) is 0.104. The monoisotopic (exact) mass is 947 g/mol. The summed E-state index contributed by atoms with van der Waals surface area (Å²) in [5.41, 5.74) is 6.58. The molecular formula is C49H66ClN7O4S3. The first kappa shape index (κ1) is 48.4. The number of aromatic nitrogens is 2. The highest BCUT2D eigenvalue weighted by molar-refractivity contribution is 7.99. The molecule has 15 heteroatoms. The van der Waals surface area contributed by atoms with Gasteiger partial charge in [0.2, 0.25) is 0 Å². The molecule has 0 amide bonds. The molecule has 4 aromatic rings. The number of nitrogens with zero attached hydrogens (tertiary/aromatic N) is 5.